The number of nitrogens with one attached hydrogen (secondary N) is 1. The summed E-state index contributed by atoms with van der Waals surface area (Å²) >= 11 is 0. The molecule has 0 aliphatic rings. The Morgan fingerprint density at radius 3 is 2.62 bits per heavy atom. The highest BCUT2D eigenvalue weighted by Gasteiger charge is 2.12. The maximum Gasteiger partial charge on any atom is 0.338 e. The Hall–Kier alpha value is -3.33. The topological polar surface area (TPSA) is 82.4 Å². The molecule has 122 valence electrons. The number of carbonyl (C=O) groups excluding carboxylic acids is 2. The minimum absolute atomic E-state index is 0.343. The molecule has 2 aromatic carbocycles. The number of hydrogen-bond donors (Lipinski definition) is 1. The molecule has 2 aromatic rings. The normalized spacial score (nSPS) is 9.71. The van der Waals surface area contributed by atoms with Gasteiger partial charge in [-0.05, 0) is 30.3 Å². The van der Waals surface area contributed by atoms with Crippen LogP contribution in [0.1, 0.15) is 15.9 Å². The Bertz CT molecular complexity index is 794. The van der Waals surface area contributed by atoms with Crippen LogP contribution >= 0.6 is 0 Å². The van der Waals surface area contributed by atoms with E-state index < -0.39 is 18.5 Å². The minimum Gasteiger partial charge on any atom is -0.452 e. The lowest BCUT2D eigenvalue weighted by molar-refractivity contribution is -0.119. The first-order valence-corrected chi connectivity index (χ1v) is 7.24. The Morgan fingerprint density at radius 2 is 1.92 bits per heavy atom. The first kappa shape index (κ1) is 17.0. The largest absolute Gasteiger partial charge is 0.452 e. The predicted octanol–water partition coefficient (Wildman–Crippen LogP) is 2.42. The fourth-order valence-corrected chi connectivity index (χ4v) is 2.00. The van der Waals surface area contributed by atoms with Gasteiger partial charge in [0.05, 0.1) is 16.8 Å². The van der Waals surface area contributed by atoms with Crippen LogP contribution in [0.15, 0.2) is 48.5 Å². The number of ether oxygens (including phenoxy) is 1. The van der Waals surface area contributed by atoms with Gasteiger partial charge < -0.3 is 15.0 Å². The molecule has 0 aromatic heterocycles. The highest BCUT2D eigenvalue weighted by molar-refractivity contribution is 5.96. The fourth-order valence-electron chi connectivity index (χ4n) is 2.00. The van der Waals surface area contributed by atoms with Crippen molar-refractivity contribution in [1.29, 1.82) is 5.26 Å². The SMILES string of the molecule is CN(C)c1cccc(C(=O)OCC(=O)Nc2ccccc2C#N)c1. The summed E-state index contributed by atoms with van der Waals surface area (Å²) in [6, 6.07) is 15.5. The van der Waals surface area contributed by atoms with Crippen LogP contribution in [0.4, 0.5) is 11.4 Å². The zero-order valence-electron chi connectivity index (χ0n) is 13.4. The summed E-state index contributed by atoms with van der Waals surface area (Å²) in [6.07, 6.45) is 0. The Kier molecular flexibility index (Phi) is 5.53. The van der Waals surface area contributed by atoms with Crippen molar-refractivity contribution in [3.63, 3.8) is 0 Å². The second-order valence-electron chi connectivity index (χ2n) is 5.23. The van der Waals surface area contributed by atoms with Gasteiger partial charge >= 0.3 is 5.97 Å². The van der Waals surface area contributed by atoms with Gasteiger partial charge in [0, 0.05) is 19.8 Å². The van der Waals surface area contributed by atoms with Crippen molar-refractivity contribution in [2.45, 2.75) is 0 Å². The van der Waals surface area contributed by atoms with Gasteiger partial charge in [-0.15, -0.1) is 0 Å². The molecule has 0 radical (unpaired) electrons. The van der Waals surface area contributed by atoms with Gasteiger partial charge in [0.15, 0.2) is 6.61 Å². The van der Waals surface area contributed by atoms with Gasteiger partial charge in [-0.25, -0.2) is 4.79 Å². The number of anilines is 2. The molecule has 0 saturated carbocycles. The van der Waals surface area contributed by atoms with Crippen LogP contribution in [-0.2, 0) is 9.53 Å². The molecule has 24 heavy (non-hydrogen) atoms. The zero-order chi connectivity index (χ0) is 17.5. The van der Waals surface area contributed by atoms with Crippen LogP contribution in [0.3, 0.4) is 0 Å². The van der Waals surface area contributed by atoms with E-state index >= 15 is 0 Å². The van der Waals surface area contributed by atoms with Gasteiger partial charge in [-0.2, -0.15) is 5.26 Å². The van der Waals surface area contributed by atoms with Gasteiger partial charge in [0.1, 0.15) is 6.07 Å². The third kappa shape index (κ3) is 4.34. The van der Waals surface area contributed by atoms with E-state index in [1.54, 1.807) is 42.5 Å². The Balaban J connectivity index is 1.95. The number of para-hydroxylation sites is 1. The molecule has 0 aliphatic carbocycles. The summed E-state index contributed by atoms with van der Waals surface area (Å²) in [5, 5.41) is 11.5. The van der Waals surface area contributed by atoms with E-state index in [0.29, 0.717) is 16.8 Å². The number of benzene rings is 2. The quantitative estimate of drug-likeness (QED) is 0.855. The highest BCUT2D eigenvalue weighted by atomic mass is 16.5. The summed E-state index contributed by atoms with van der Waals surface area (Å²) in [5.74, 6) is -1.09. The molecule has 6 heteroatoms. The van der Waals surface area contributed by atoms with Crippen LogP contribution in [0.5, 0.6) is 0 Å². The van der Waals surface area contributed by atoms with E-state index in [2.05, 4.69) is 5.32 Å². The summed E-state index contributed by atoms with van der Waals surface area (Å²) in [4.78, 5) is 25.8. The lowest BCUT2D eigenvalue weighted by Crippen LogP contribution is -2.21. The van der Waals surface area contributed by atoms with E-state index in [4.69, 9.17) is 10.00 Å². The van der Waals surface area contributed by atoms with Gasteiger partial charge in [0.25, 0.3) is 5.91 Å². The summed E-state index contributed by atoms with van der Waals surface area (Å²) in [5.41, 5.74) is 1.95. The second-order valence-corrected chi connectivity index (χ2v) is 5.23. The van der Waals surface area contributed by atoms with Crippen LogP contribution in [-0.4, -0.2) is 32.6 Å². The molecule has 6 nitrogen and oxygen atoms in total. The molecule has 0 unspecified atom stereocenters. The van der Waals surface area contributed by atoms with Gasteiger partial charge in [0.2, 0.25) is 0 Å². The number of nitriles is 1. The van der Waals surface area contributed by atoms with E-state index in [9.17, 15) is 9.59 Å². The van der Waals surface area contributed by atoms with Crippen LogP contribution in [0.2, 0.25) is 0 Å². The molecular formula is C18H17N3O3. The van der Waals surface area contributed by atoms with Crippen molar-refractivity contribution in [1.82, 2.24) is 0 Å². The number of carbonyl (C=O) groups is 2. The minimum atomic E-state index is -0.581. The number of hydrogen-bond acceptors (Lipinski definition) is 5. The van der Waals surface area contributed by atoms with E-state index in [-0.39, 0.29) is 0 Å². The molecule has 0 saturated heterocycles. The van der Waals surface area contributed by atoms with Crippen molar-refractivity contribution in [3.8, 4) is 6.07 Å². The van der Waals surface area contributed by atoms with Crippen molar-refractivity contribution in [2.24, 2.45) is 0 Å². The smallest absolute Gasteiger partial charge is 0.338 e. The second kappa shape index (κ2) is 7.79. The first-order valence-electron chi connectivity index (χ1n) is 7.24. The standard InChI is InChI=1S/C18H17N3O3/c1-21(2)15-8-5-7-13(10-15)18(23)24-12-17(22)20-16-9-4-3-6-14(16)11-19/h3-10H,12H2,1-2H3,(H,20,22). The Morgan fingerprint density at radius 1 is 1.17 bits per heavy atom. The number of rotatable bonds is 5. The maximum absolute atomic E-state index is 12.0. The molecular weight excluding hydrogens is 306 g/mol. The number of amides is 1. The molecule has 0 aliphatic heterocycles. The van der Waals surface area contributed by atoms with Crippen molar-refractivity contribution in [3.05, 3.63) is 59.7 Å². The zero-order valence-corrected chi connectivity index (χ0v) is 13.4. The lowest BCUT2D eigenvalue weighted by Gasteiger charge is -2.13. The third-order valence-corrected chi connectivity index (χ3v) is 3.25. The van der Waals surface area contributed by atoms with Crippen LogP contribution in [0.25, 0.3) is 0 Å². The third-order valence-electron chi connectivity index (χ3n) is 3.25. The summed E-state index contributed by atoms with van der Waals surface area (Å²) < 4.78 is 5.02. The average molecular weight is 323 g/mol. The van der Waals surface area contributed by atoms with E-state index in [1.807, 2.05) is 31.1 Å². The van der Waals surface area contributed by atoms with E-state index in [1.165, 1.54) is 0 Å². The maximum atomic E-state index is 12.0. The Labute approximate surface area is 140 Å². The summed E-state index contributed by atoms with van der Waals surface area (Å²) in [6.45, 7) is -0.426. The molecule has 2 rings (SSSR count). The molecule has 0 fully saturated rings. The molecule has 1 N–H and O–H groups in total. The highest BCUT2D eigenvalue weighted by Crippen LogP contribution is 2.15. The molecule has 0 atom stereocenters. The van der Waals surface area contributed by atoms with Crippen molar-refractivity contribution < 1.29 is 14.3 Å². The lowest BCUT2D eigenvalue weighted by atomic mass is 10.2. The molecule has 0 bridgehead atoms. The average Bonchev–Trinajstić information content (AvgIpc) is 2.60. The van der Waals surface area contributed by atoms with Crippen LogP contribution < -0.4 is 10.2 Å². The fraction of sp³-hybridized carbons (Fsp3) is 0.167. The number of esters is 1. The first-order chi connectivity index (χ1) is 11.5. The van der Waals surface area contributed by atoms with Crippen LogP contribution in [0, 0.1) is 11.3 Å². The molecule has 0 spiro atoms. The van der Waals surface area contributed by atoms with Gasteiger partial charge in [-0.3, -0.25) is 4.79 Å². The summed E-state index contributed by atoms with van der Waals surface area (Å²) in [7, 11) is 3.73. The molecule has 0 heterocycles. The number of nitrogens with zero attached hydrogens (tertiary/aromatic N) is 2. The monoisotopic (exact) mass is 323 g/mol. The predicted molar refractivity (Wildman–Crippen MR) is 90.8 cm³/mol. The van der Waals surface area contributed by atoms with Gasteiger partial charge in [-0.1, -0.05) is 18.2 Å². The van der Waals surface area contributed by atoms with Crippen molar-refractivity contribution in [2.75, 3.05) is 30.9 Å². The molecule has 1 amide bonds. The van der Waals surface area contributed by atoms with Crippen molar-refractivity contribution >= 4 is 23.3 Å². The van der Waals surface area contributed by atoms with E-state index in [0.717, 1.165) is 5.69 Å².